The van der Waals surface area contributed by atoms with E-state index in [9.17, 15) is 14.5 Å². The molecule has 0 bridgehead atoms. The van der Waals surface area contributed by atoms with Crippen molar-refractivity contribution in [3.63, 3.8) is 0 Å². The van der Waals surface area contributed by atoms with Gasteiger partial charge in [0.1, 0.15) is 5.82 Å². The van der Waals surface area contributed by atoms with Crippen LogP contribution in [0.25, 0.3) is 0 Å². The highest BCUT2D eigenvalue weighted by molar-refractivity contribution is 5.51. The Bertz CT molecular complexity index is 614. The van der Waals surface area contributed by atoms with Gasteiger partial charge in [-0.25, -0.2) is 4.39 Å². The van der Waals surface area contributed by atoms with Gasteiger partial charge < -0.3 is 5.32 Å². The third-order valence-electron chi connectivity index (χ3n) is 2.74. The molecule has 0 heterocycles. The summed E-state index contributed by atoms with van der Waals surface area (Å²) < 4.78 is 13.5. The van der Waals surface area contributed by atoms with Crippen molar-refractivity contribution >= 4 is 11.4 Å². The lowest BCUT2D eigenvalue weighted by molar-refractivity contribution is -0.384. The highest BCUT2D eigenvalue weighted by Crippen LogP contribution is 2.18. The molecule has 0 aliphatic heterocycles. The highest BCUT2D eigenvalue weighted by Gasteiger charge is 2.06. The SMILES string of the molecule is Cc1ccc(F)c(CNc2cccc([N+](=O)[O-])c2)c1. The number of benzene rings is 2. The summed E-state index contributed by atoms with van der Waals surface area (Å²) in [5, 5.41) is 13.6. The zero-order valence-electron chi connectivity index (χ0n) is 10.4. The molecule has 2 aromatic rings. The van der Waals surface area contributed by atoms with Gasteiger partial charge in [-0.1, -0.05) is 23.8 Å². The number of nitro benzene ring substituents is 1. The van der Waals surface area contributed by atoms with Crippen molar-refractivity contribution in [1.82, 2.24) is 0 Å². The number of anilines is 1. The Morgan fingerprint density at radius 2 is 2.05 bits per heavy atom. The van der Waals surface area contributed by atoms with E-state index in [1.54, 1.807) is 24.3 Å². The van der Waals surface area contributed by atoms with E-state index in [4.69, 9.17) is 0 Å². The van der Waals surface area contributed by atoms with Gasteiger partial charge in [-0.2, -0.15) is 0 Å². The molecule has 2 aromatic carbocycles. The topological polar surface area (TPSA) is 55.2 Å². The molecule has 0 unspecified atom stereocenters. The minimum atomic E-state index is -0.460. The Kier molecular flexibility index (Phi) is 3.75. The standard InChI is InChI=1S/C14H13FN2O2/c1-10-5-6-14(15)11(7-10)9-16-12-3-2-4-13(8-12)17(18)19/h2-8,16H,9H2,1H3. The molecule has 0 saturated heterocycles. The van der Waals surface area contributed by atoms with Crippen LogP contribution in [0, 0.1) is 22.9 Å². The molecule has 0 aliphatic rings. The van der Waals surface area contributed by atoms with Crippen molar-refractivity contribution in [2.75, 3.05) is 5.32 Å². The summed E-state index contributed by atoms with van der Waals surface area (Å²) in [5.74, 6) is -0.288. The second kappa shape index (κ2) is 5.48. The molecular formula is C14H13FN2O2. The number of rotatable bonds is 4. The smallest absolute Gasteiger partial charge is 0.271 e. The average molecular weight is 260 g/mol. The molecule has 98 valence electrons. The highest BCUT2D eigenvalue weighted by atomic mass is 19.1. The van der Waals surface area contributed by atoms with Crippen LogP contribution in [-0.4, -0.2) is 4.92 Å². The normalized spacial score (nSPS) is 10.2. The Morgan fingerprint density at radius 3 is 2.79 bits per heavy atom. The predicted molar refractivity (Wildman–Crippen MR) is 71.6 cm³/mol. The zero-order valence-corrected chi connectivity index (χ0v) is 10.4. The largest absolute Gasteiger partial charge is 0.381 e. The second-order valence-corrected chi connectivity index (χ2v) is 4.26. The van der Waals surface area contributed by atoms with Crippen molar-refractivity contribution < 1.29 is 9.31 Å². The molecule has 19 heavy (non-hydrogen) atoms. The van der Waals surface area contributed by atoms with Crippen LogP contribution >= 0.6 is 0 Å². The van der Waals surface area contributed by atoms with Crippen LogP contribution in [-0.2, 0) is 6.54 Å². The Hall–Kier alpha value is -2.43. The van der Waals surface area contributed by atoms with Gasteiger partial charge in [0, 0.05) is 29.9 Å². The summed E-state index contributed by atoms with van der Waals surface area (Å²) in [5.41, 5.74) is 2.11. The minimum absolute atomic E-state index is 0.00899. The molecule has 2 rings (SSSR count). The van der Waals surface area contributed by atoms with E-state index in [2.05, 4.69) is 5.32 Å². The van der Waals surface area contributed by atoms with E-state index >= 15 is 0 Å². The number of nitrogens with zero attached hydrogens (tertiary/aromatic N) is 1. The quantitative estimate of drug-likeness (QED) is 0.674. The number of hydrogen-bond donors (Lipinski definition) is 1. The van der Waals surface area contributed by atoms with Gasteiger partial charge in [0.25, 0.3) is 5.69 Å². The summed E-state index contributed by atoms with van der Waals surface area (Å²) in [6.45, 7) is 2.17. The predicted octanol–water partition coefficient (Wildman–Crippen LogP) is 3.65. The van der Waals surface area contributed by atoms with Crippen molar-refractivity contribution in [2.45, 2.75) is 13.5 Å². The Labute approximate surface area is 110 Å². The summed E-state index contributed by atoms with van der Waals surface area (Å²) >= 11 is 0. The first-order chi connectivity index (χ1) is 9.06. The van der Waals surface area contributed by atoms with E-state index in [1.165, 1.54) is 18.2 Å². The molecule has 0 fully saturated rings. The lowest BCUT2D eigenvalue weighted by Gasteiger charge is -2.08. The molecule has 0 amide bonds. The molecule has 5 heteroatoms. The Morgan fingerprint density at radius 1 is 1.26 bits per heavy atom. The van der Waals surface area contributed by atoms with Gasteiger partial charge in [0.2, 0.25) is 0 Å². The fraction of sp³-hybridized carbons (Fsp3) is 0.143. The van der Waals surface area contributed by atoms with Gasteiger partial charge in [0.05, 0.1) is 4.92 Å². The van der Waals surface area contributed by atoms with Gasteiger partial charge in [-0.3, -0.25) is 10.1 Å². The molecule has 4 nitrogen and oxygen atoms in total. The zero-order chi connectivity index (χ0) is 13.8. The number of nitro groups is 1. The number of hydrogen-bond acceptors (Lipinski definition) is 3. The molecule has 0 radical (unpaired) electrons. The minimum Gasteiger partial charge on any atom is -0.381 e. The van der Waals surface area contributed by atoms with Gasteiger partial charge in [0.15, 0.2) is 0 Å². The maximum absolute atomic E-state index is 13.5. The van der Waals surface area contributed by atoms with Crippen LogP contribution in [0.2, 0.25) is 0 Å². The lowest BCUT2D eigenvalue weighted by Crippen LogP contribution is -2.02. The van der Waals surface area contributed by atoms with Crippen molar-refractivity contribution in [3.05, 3.63) is 69.5 Å². The number of non-ortho nitro benzene ring substituents is 1. The molecule has 0 aliphatic carbocycles. The van der Waals surface area contributed by atoms with Crippen LogP contribution in [0.3, 0.4) is 0 Å². The number of halogens is 1. The molecule has 0 spiro atoms. The number of aryl methyl sites for hydroxylation is 1. The van der Waals surface area contributed by atoms with Crippen LogP contribution in [0.5, 0.6) is 0 Å². The molecule has 1 N–H and O–H groups in total. The first kappa shape index (κ1) is 13.0. The summed E-state index contributed by atoms with van der Waals surface area (Å²) in [7, 11) is 0. The lowest BCUT2D eigenvalue weighted by atomic mass is 10.1. The van der Waals surface area contributed by atoms with E-state index in [1.807, 2.05) is 6.92 Å². The number of nitrogens with one attached hydrogen (secondary N) is 1. The van der Waals surface area contributed by atoms with Gasteiger partial charge >= 0.3 is 0 Å². The third kappa shape index (κ3) is 3.28. The van der Waals surface area contributed by atoms with Crippen molar-refractivity contribution in [1.29, 1.82) is 0 Å². The first-order valence-corrected chi connectivity index (χ1v) is 5.79. The molecular weight excluding hydrogens is 247 g/mol. The average Bonchev–Trinajstić information content (AvgIpc) is 2.40. The van der Waals surface area contributed by atoms with Crippen LogP contribution < -0.4 is 5.32 Å². The third-order valence-corrected chi connectivity index (χ3v) is 2.74. The summed E-state index contributed by atoms with van der Waals surface area (Å²) in [6, 6.07) is 11.0. The second-order valence-electron chi connectivity index (χ2n) is 4.26. The summed E-state index contributed by atoms with van der Waals surface area (Å²) in [6.07, 6.45) is 0. The van der Waals surface area contributed by atoms with E-state index < -0.39 is 4.92 Å². The summed E-state index contributed by atoms with van der Waals surface area (Å²) in [4.78, 5) is 10.2. The van der Waals surface area contributed by atoms with Gasteiger partial charge in [-0.05, 0) is 19.1 Å². The molecule has 0 atom stereocenters. The molecule has 0 aromatic heterocycles. The van der Waals surface area contributed by atoms with Gasteiger partial charge in [-0.15, -0.1) is 0 Å². The maximum atomic E-state index is 13.5. The fourth-order valence-electron chi connectivity index (χ4n) is 1.77. The van der Waals surface area contributed by atoms with Crippen molar-refractivity contribution in [3.8, 4) is 0 Å². The van der Waals surface area contributed by atoms with Crippen LogP contribution in [0.1, 0.15) is 11.1 Å². The van der Waals surface area contributed by atoms with Crippen molar-refractivity contribution in [2.24, 2.45) is 0 Å². The monoisotopic (exact) mass is 260 g/mol. The van der Waals surface area contributed by atoms with Crippen LogP contribution in [0.15, 0.2) is 42.5 Å². The fourth-order valence-corrected chi connectivity index (χ4v) is 1.77. The Balaban J connectivity index is 2.12. The van der Waals surface area contributed by atoms with Crippen LogP contribution in [0.4, 0.5) is 15.8 Å². The van der Waals surface area contributed by atoms with E-state index in [-0.39, 0.29) is 18.0 Å². The van der Waals surface area contributed by atoms with E-state index in [0.717, 1.165) is 5.56 Å². The van der Waals surface area contributed by atoms with E-state index in [0.29, 0.717) is 11.3 Å². The first-order valence-electron chi connectivity index (χ1n) is 5.79. The molecule has 0 saturated carbocycles. The maximum Gasteiger partial charge on any atom is 0.271 e.